The third-order valence-corrected chi connectivity index (χ3v) is 2.68. The van der Waals surface area contributed by atoms with Gasteiger partial charge in [0.2, 0.25) is 0 Å². The number of carbonyl (C=O) groups excluding carboxylic acids is 1. The molecular weight excluding hydrogens is 263 g/mol. The summed E-state index contributed by atoms with van der Waals surface area (Å²) in [4.78, 5) is 11.7. The van der Waals surface area contributed by atoms with Crippen LogP contribution in [0.15, 0.2) is 18.2 Å². The summed E-state index contributed by atoms with van der Waals surface area (Å²) in [6, 6.07) is 4.06. The molecule has 0 aliphatic heterocycles. The lowest BCUT2D eigenvalue weighted by atomic mass is 10.1. The van der Waals surface area contributed by atoms with E-state index < -0.39 is 12.1 Å². The van der Waals surface area contributed by atoms with Crippen molar-refractivity contribution >= 4 is 29.1 Å². The first-order chi connectivity index (χ1) is 7.90. The van der Waals surface area contributed by atoms with Crippen LogP contribution in [0.4, 0.5) is 0 Å². The minimum absolute atomic E-state index is 0.181. The van der Waals surface area contributed by atoms with Gasteiger partial charge in [0.25, 0.3) is 5.91 Å². The van der Waals surface area contributed by atoms with Gasteiger partial charge in [-0.3, -0.25) is 4.79 Å². The third-order valence-electron chi connectivity index (χ3n) is 2.24. The molecule has 94 valence electrons. The Kier molecular flexibility index (Phi) is 5.21. The molecule has 6 heteroatoms. The second-order valence-corrected chi connectivity index (χ2v) is 4.65. The summed E-state index contributed by atoms with van der Waals surface area (Å²) < 4.78 is 0. The number of amides is 1. The van der Waals surface area contributed by atoms with Gasteiger partial charge in [-0.15, -0.1) is 0 Å². The molecule has 17 heavy (non-hydrogen) atoms. The Morgan fingerprint density at radius 3 is 2.41 bits per heavy atom. The van der Waals surface area contributed by atoms with Gasteiger partial charge >= 0.3 is 0 Å². The number of aliphatic hydroxyl groups is 1. The second-order valence-electron chi connectivity index (χ2n) is 3.77. The van der Waals surface area contributed by atoms with Crippen LogP contribution in [-0.4, -0.2) is 29.7 Å². The van der Waals surface area contributed by atoms with Gasteiger partial charge in [0.05, 0.1) is 6.10 Å². The lowest BCUT2D eigenvalue weighted by Gasteiger charge is -2.15. The zero-order valence-corrected chi connectivity index (χ0v) is 10.8. The maximum Gasteiger partial charge on any atom is 0.251 e. The van der Waals surface area contributed by atoms with Crippen molar-refractivity contribution in [1.82, 2.24) is 5.32 Å². The minimum Gasteiger partial charge on any atom is -0.392 e. The average molecular weight is 277 g/mol. The molecule has 0 spiro atoms. The first kappa shape index (κ1) is 14.3. The number of aliphatic hydroxyl groups excluding tert-OH is 1. The van der Waals surface area contributed by atoms with Crippen LogP contribution in [0.5, 0.6) is 0 Å². The smallest absolute Gasteiger partial charge is 0.251 e. The highest BCUT2D eigenvalue weighted by Crippen LogP contribution is 2.18. The number of halogens is 2. The number of carbonyl (C=O) groups is 1. The summed E-state index contributed by atoms with van der Waals surface area (Å²) in [6.45, 7) is 1.74. The van der Waals surface area contributed by atoms with Gasteiger partial charge in [-0.25, -0.2) is 0 Å². The van der Waals surface area contributed by atoms with Crippen molar-refractivity contribution in [2.45, 2.75) is 19.1 Å². The molecule has 4 nitrogen and oxygen atoms in total. The monoisotopic (exact) mass is 276 g/mol. The van der Waals surface area contributed by atoms with Crippen molar-refractivity contribution in [2.75, 3.05) is 6.54 Å². The van der Waals surface area contributed by atoms with Gasteiger partial charge in [-0.2, -0.15) is 0 Å². The number of nitrogens with one attached hydrogen (secondary N) is 1. The van der Waals surface area contributed by atoms with E-state index in [0.29, 0.717) is 15.6 Å². The Labute approximate surface area is 110 Å². The van der Waals surface area contributed by atoms with E-state index in [2.05, 4.69) is 5.32 Å². The van der Waals surface area contributed by atoms with E-state index in [9.17, 15) is 9.90 Å². The number of benzene rings is 1. The Hall–Kier alpha value is -0.810. The van der Waals surface area contributed by atoms with Gasteiger partial charge in [0, 0.05) is 28.2 Å². The predicted octanol–water partition coefficient (Wildman–Crippen LogP) is 1.43. The Morgan fingerprint density at radius 2 is 1.94 bits per heavy atom. The Balaban J connectivity index is 2.64. The number of rotatable bonds is 4. The Morgan fingerprint density at radius 1 is 1.41 bits per heavy atom. The fourth-order valence-electron chi connectivity index (χ4n) is 1.17. The van der Waals surface area contributed by atoms with Crippen LogP contribution in [-0.2, 0) is 0 Å². The molecule has 0 aliphatic carbocycles. The molecule has 0 saturated heterocycles. The van der Waals surface area contributed by atoms with E-state index >= 15 is 0 Å². The highest BCUT2D eigenvalue weighted by molar-refractivity contribution is 6.35. The molecular formula is C11H14Cl2N2O2. The molecule has 0 fully saturated rings. The molecule has 0 heterocycles. The van der Waals surface area contributed by atoms with Crippen LogP contribution < -0.4 is 11.1 Å². The molecule has 1 aromatic rings. The normalized spacial score (nSPS) is 14.2. The maximum atomic E-state index is 11.7. The van der Waals surface area contributed by atoms with Gasteiger partial charge < -0.3 is 16.2 Å². The number of hydrogen-bond acceptors (Lipinski definition) is 3. The standard InChI is InChI=1S/C11H14Cl2N2O2/c1-6(16)10(14)5-15-11(17)7-2-8(12)4-9(13)3-7/h2-4,6,10,16H,5,14H2,1H3,(H,15,17). The number of hydrogen-bond donors (Lipinski definition) is 3. The lowest BCUT2D eigenvalue weighted by molar-refractivity contribution is 0.0937. The van der Waals surface area contributed by atoms with Gasteiger partial charge in [-0.1, -0.05) is 23.2 Å². The molecule has 2 unspecified atom stereocenters. The fraction of sp³-hybridized carbons (Fsp3) is 0.364. The van der Waals surface area contributed by atoms with Crippen molar-refractivity contribution in [3.8, 4) is 0 Å². The average Bonchev–Trinajstić information content (AvgIpc) is 2.23. The van der Waals surface area contributed by atoms with Crippen LogP contribution in [0.2, 0.25) is 10.0 Å². The molecule has 0 saturated carbocycles. The minimum atomic E-state index is -0.682. The Bertz CT molecular complexity index is 390. The summed E-state index contributed by atoms with van der Waals surface area (Å²) in [5, 5.41) is 12.5. The van der Waals surface area contributed by atoms with E-state index in [0.717, 1.165) is 0 Å². The van der Waals surface area contributed by atoms with Gasteiger partial charge in [0.15, 0.2) is 0 Å². The SMILES string of the molecule is CC(O)C(N)CNC(=O)c1cc(Cl)cc(Cl)c1. The molecule has 1 rings (SSSR count). The van der Waals surface area contributed by atoms with Gasteiger partial charge in [-0.05, 0) is 25.1 Å². The molecule has 1 amide bonds. The van der Waals surface area contributed by atoms with E-state index in [4.69, 9.17) is 28.9 Å². The quantitative estimate of drug-likeness (QED) is 0.779. The summed E-state index contributed by atoms with van der Waals surface area (Å²) in [5.74, 6) is -0.328. The van der Waals surface area contributed by atoms with Crippen molar-refractivity contribution in [3.63, 3.8) is 0 Å². The zero-order valence-electron chi connectivity index (χ0n) is 9.28. The zero-order chi connectivity index (χ0) is 13.0. The summed E-state index contributed by atoms with van der Waals surface area (Å²) in [7, 11) is 0. The molecule has 0 aliphatic rings. The van der Waals surface area contributed by atoms with Crippen molar-refractivity contribution in [3.05, 3.63) is 33.8 Å². The highest BCUT2D eigenvalue weighted by atomic mass is 35.5. The number of nitrogens with two attached hydrogens (primary N) is 1. The maximum absolute atomic E-state index is 11.7. The van der Waals surface area contributed by atoms with Crippen molar-refractivity contribution in [1.29, 1.82) is 0 Å². The molecule has 0 radical (unpaired) electrons. The molecule has 0 aromatic heterocycles. The van der Waals surface area contributed by atoms with Crippen LogP contribution in [0.25, 0.3) is 0 Å². The first-order valence-corrected chi connectivity index (χ1v) is 5.83. The van der Waals surface area contributed by atoms with Crippen LogP contribution in [0.1, 0.15) is 17.3 Å². The van der Waals surface area contributed by atoms with Crippen LogP contribution >= 0.6 is 23.2 Å². The van der Waals surface area contributed by atoms with E-state index in [1.165, 1.54) is 12.1 Å². The highest BCUT2D eigenvalue weighted by Gasteiger charge is 2.12. The van der Waals surface area contributed by atoms with Gasteiger partial charge in [0.1, 0.15) is 0 Å². The topological polar surface area (TPSA) is 75.3 Å². The summed E-state index contributed by atoms with van der Waals surface area (Å²) >= 11 is 11.6. The fourth-order valence-corrected chi connectivity index (χ4v) is 1.69. The molecule has 2 atom stereocenters. The van der Waals surface area contributed by atoms with Crippen molar-refractivity contribution in [2.24, 2.45) is 5.73 Å². The lowest BCUT2D eigenvalue weighted by Crippen LogP contribution is -2.43. The van der Waals surface area contributed by atoms with E-state index in [1.54, 1.807) is 13.0 Å². The molecule has 0 bridgehead atoms. The molecule has 4 N–H and O–H groups in total. The van der Waals surface area contributed by atoms with E-state index in [-0.39, 0.29) is 12.5 Å². The first-order valence-electron chi connectivity index (χ1n) is 5.08. The predicted molar refractivity (Wildman–Crippen MR) is 68.5 cm³/mol. The van der Waals surface area contributed by atoms with E-state index in [1.807, 2.05) is 0 Å². The van der Waals surface area contributed by atoms with Crippen LogP contribution in [0.3, 0.4) is 0 Å². The summed E-state index contributed by atoms with van der Waals surface area (Å²) in [5.41, 5.74) is 5.95. The summed E-state index contributed by atoms with van der Waals surface area (Å²) in [6.07, 6.45) is -0.682. The van der Waals surface area contributed by atoms with Crippen LogP contribution in [0, 0.1) is 0 Å². The third kappa shape index (κ3) is 4.52. The molecule has 1 aromatic carbocycles. The van der Waals surface area contributed by atoms with Crippen molar-refractivity contribution < 1.29 is 9.90 Å². The largest absolute Gasteiger partial charge is 0.392 e. The second kappa shape index (κ2) is 6.21.